The van der Waals surface area contributed by atoms with Gasteiger partial charge in [0, 0.05) is 25.9 Å². The normalized spacial score (nSPS) is 15.0. The van der Waals surface area contributed by atoms with Crippen molar-refractivity contribution in [1.29, 1.82) is 0 Å². The molecule has 0 atom stereocenters. The molecule has 5 rings (SSSR count). The largest absolute Gasteiger partial charge is 0.473 e. The van der Waals surface area contributed by atoms with Gasteiger partial charge in [0.1, 0.15) is 11.8 Å². The molecule has 7 nitrogen and oxygen atoms in total. The van der Waals surface area contributed by atoms with E-state index >= 15 is 0 Å². The van der Waals surface area contributed by atoms with Crippen molar-refractivity contribution in [3.8, 4) is 5.88 Å². The van der Waals surface area contributed by atoms with Crippen LogP contribution in [0.2, 0.25) is 0 Å². The van der Waals surface area contributed by atoms with Crippen LogP contribution in [0.1, 0.15) is 23.3 Å². The number of likely N-dealkylation sites (tertiary alicyclic amines) is 1. The highest BCUT2D eigenvalue weighted by atomic mass is 16.5. The molecule has 0 unspecified atom stereocenters. The number of aromatic nitrogens is 4. The van der Waals surface area contributed by atoms with Crippen LogP contribution in [0.15, 0.2) is 60.9 Å². The van der Waals surface area contributed by atoms with Gasteiger partial charge in [0.2, 0.25) is 5.88 Å². The van der Waals surface area contributed by atoms with Gasteiger partial charge in [-0.05, 0) is 24.3 Å². The number of rotatable bonds is 3. The zero-order chi connectivity index (χ0) is 19.6. The first kappa shape index (κ1) is 17.5. The lowest BCUT2D eigenvalue weighted by Gasteiger charge is -2.31. The number of hydrogen-bond acceptors (Lipinski definition) is 6. The van der Waals surface area contributed by atoms with Gasteiger partial charge in [0.05, 0.1) is 34.5 Å². The SMILES string of the molecule is O=C(c1cnc2ccccc2n1)N1CCC(Oc2cnc3ccccc3n2)CC1. The van der Waals surface area contributed by atoms with Gasteiger partial charge in [0.25, 0.3) is 5.91 Å². The number of carbonyl (C=O) groups is 1. The monoisotopic (exact) mass is 385 g/mol. The van der Waals surface area contributed by atoms with Crippen LogP contribution in [-0.2, 0) is 0 Å². The third-order valence-corrected chi connectivity index (χ3v) is 5.11. The minimum Gasteiger partial charge on any atom is -0.473 e. The Kier molecular flexibility index (Phi) is 4.48. The Morgan fingerprint density at radius 1 is 0.828 bits per heavy atom. The average Bonchev–Trinajstić information content (AvgIpc) is 2.79. The van der Waals surface area contributed by atoms with E-state index in [2.05, 4.69) is 19.9 Å². The molecule has 0 aliphatic carbocycles. The summed E-state index contributed by atoms with van der Waals surface area (Å²) < 4.78 is 6.02. The van der Waals surface area contributed by atoms with Crippen LogP contribution in [0.5, 0.6) is 5.88 Å². The van der Waals surface area contributed by atoms with Crippen LogP contribution < -0.4 is 4.74 Å². The smallest absolute Gasteiger partial charge is 0.274 e. The number of carbonyl (C=O) groups excluding carboxylic acids is 1. The Labute approximate surface area is 167 Å². The van der Waals surface area contributed by atoms with Crippen LogP contribution in [0.3, 0.4) is 0 Å². The summed E-state index contributed by atoms with van der Waals surface area (Å²) in [4.78, 5) is 32.3. The molecule has 1 saturated heterocycles. The number of para-hydroxylation sites is 4. The first-order chi connectivity index (χ1) is 14.3. The maximum atomic E-state index is 12.8. The number of fused-ring (bicyclic) bond motifs is 2. The Balaban J connectivity index is 1.23. The second kappa shape index (κ2) is 7.43. The van der Waals surface area contributed by atoms with Gasteiger partial charge in [-0.2, -0.15) is 0 Å². The predicted molar refractivity (Wildman–Crippen MR) is 109 cm³/mol. The number of benzene rings is 2. The van der Waals surface area contributed by atoms with Crippen molar-refractivity contribution < 1.29 is 9.53 Å². The fraction of sp³-hybridized carbons (Fsp3) is 0.227. The molecule has 0 radical (unpaired) electrons. The molecule has 2 aromatic carbocycles. The van der Waals surface area contributed by atoms with Crippen LogP contribution in [0.4, 0.5) is 0 Å². The van der Waals surface area contributed by atoms with E-state index in [0.29, 0.717) is 24.7 Å². The number of nitrogens with zero attached hydrogens (tertiary/aromatic N) is 5. The van der Waals surface area contributed by atoms with Gasteiger partial charge in [-0.1, -0.05) is 24.3 Å². The fourth-order valence-corrected chi connectivity index (χ4v) is 3.57. The minimum atomic E-state index is -0.0906. The van der Waals surface area contributed by atoms with E-state index in [4.69, 9.17) is 4.74 Å². The number of ether oxygens (including phenoxy) is 1. The molecule has 0 spiro atoms. The molecule has 0 bridgehead atoms. The highest BCUT2D eigenvalue weighted by Crippen LogP contribution is 2.20. The lowest BCUT2D eigenvalue weighted by atomic mass is 10.1. The van der Waals surface area contributed by atoms with Crippen LogP contribution >= 0.6 is 0 Å². The van der Waals surface area contributed by atoms with Crippen LogP contribution in [0.25, 0.3) is 22.1 Å². The number of hydrogen-bond donors (Lipinski definition) is 0. The fourth-order valence-electron chi connectivity index (χ4n) is 3.57. The summed E-state index contributed by atoms with van der Waals surface area (Å²) in [6, 6.07) is 15.3. The maximum absolute atomic E-state index is 12.8. The molecule has 2 aromatic heterocycles. The summed E-state index contributed by atoms with van der Waals surface area (Å²) in [5.41, 5.74) is 3.55. The highest BCUT2D eigenvalue weighted by Gasteiger charge is 2.26. The first-order valence-corrected chi connectivity index (χ1v) is 9.66. The molecule has 3 heterocycles. The van der Waals surface area contributed by atoms with Crippen molar-refractivity contribution in [3.05, 3.63) is 66.6 Å². The molecule has 29 heavy (non-hydrogen) atoms. The topological polar surface area (TPSA) is 81.1 Å². The molecule has 1 amide bonds. The second-order valence-corrected chi connectivity index (χ2v) is 7.05. The van der Waals surface area contributed by atoms with E-state index in [0.717, 1.165) is 34.9 Å². The summed E-state index contributed by atoms with van der Waals surface area (Å²) in [6.07, 6.45) is 4.70. The van der Waals surface area contributed by atoms with Crippen molar-refractivity contribution in [3.63, 3.8) is 0 Å². The van der Waals surface area contributed by atoms with E-state index in [1.807, 2.05) is 53.4 Å². The van der Waals surface area contributed by atoms with Gasteiger partial charge in [-0.3, -0.25) is 9.78 Å². The van der Waals surface area contributed by atoms with Crippen molar-refractivity contribution >= 4 is 28.0 Å². The summed E-state index contributed by atoms with van der Waals surface area (Å²) in [6.45, 7) is 1.22. The quantitative estimate of drug-likeness (QED) is 0.538. The Hall–Kier alpha value is -3.61. The zero-order valence-corrected chi connectivity index (χ0v) is 15.7. The Morgan fingerprint density at radius 3 is 2.10 bits per heavy atom. The molecule has 0 saturated carbocycles. The number of amides is 1. The lowest BCUT2D eigenvalue weighted by Crippen LogP contribution is -2.42. The Morgan fingerprint density at radius 2 is 1.41 bits per heavy atom. The van der Waals surface area contributed by atoms with Crippen LogP contribution in [-0.4, -0.2) is 49.9 Å². The van der Waals surface area contributed by atoms with Gasteiger partial charge < -0.3 is 9.64 Å². The summed E-state index contributed by atoms with van der Waals surface area (Å²) in [7, 11) is 0. The molecular formula is C22H19N5O2. The molecular weight excluding hydrogens is 366 g/mol. The molecule has 1 fully saturated rings. The van der Waals surface area contributed by atoms with Crippen molar-refractivity contribution in [2.45, 2.75) is 18.9 Å². The third kappa shape index (κ3) is 3.59. The average molecular weight is 385 g/mol. The summed E-state index contributed by atoms with van der Waals surface area (Å²) in [5.74, 6) is 0.432. The standard InChI is InChI=1S/C22H19N5O2/c28-22(20-13-23-16-5-1-3-7-18(16)25-20)27-11-9-15(10-12-27)29-21-14-24-17-6-2-4-8-19(17)26-21/h1-8,13-15H,9-12H2. The highest BCUT2D eigenvalue weighted by molar-refractivity contribution is 5.93. The van der Waals surface area contributed by atoms with E-state index in [-0.39, 0.29) is 12.0 Å². The zero-order valence-electron chi connectivity index (χ0n) is 15.7. The lowest BCUT2D eigenvalue weighted by molar-refractivity contribution is 0.0582. The maximum Gasteiger partial charge on any atom is 0.274 e. The van der Waals surface area contributed by atoms with Crippen molar-refractivity contribution in [1.82, 2.24) is 24.8 Å². The second-order valence-electron chi connectivity index (χ2n) is 7.05. The first-order valence-electron chi connectivity index (χ1n) is 9.66. The van der Waals surface area contributed by atoms with E-state index in [1.165, 1.54) is 0 Å². The van der Waals surface area contributed by atoms with Crippen LogP contribution in [0, 0.1) is 0 Å². The van der Waals surface area contributed by atoms with E-state index in [1.54, 1.807) is 12.4 Å². The Bertz CT molecular complexity index is 1190. The number of piperidine rings is 1. The van der Waals surface area contributed by atoms with Gasteiger partial charge in [0.15, 0.2) is 0 Å². The molecule has 0 N–H and O–H groups in total. The van der Waals surface area contributed by atoms with Gasteiger partial charge in [-0.25, -0.2) is 15.0 Å². The summed E-state index contributed by atoms with van der Waals surface area (Å²) >= 11 is 0. The van der Waals surface area contributed by atoms with Gasteiger partial charge in [-0.15, -0.1) is 0 Å². The molecule has 1 aliphatic rings. The molecule has 1 aliphatic heterocycles. The van der Waals surface area contributed by atoms with Crippen molar-refractivity contribution in [2.75, 3.05) is 13.1 Å². The van der Waals surface area contributed by atoms with Gasteiger partial charge >= 0.3 is 0 Å². The molecule has 4 aromatic rings. The van der Waals surface area contributed by atoms with Crippen molar-refractivity contribution in [2.24, 2.45) is 0 Å². The summed E-state index contributed by atoms with van der Waals surface area (Å²) in [5, 5.41) is 0. The molecule has 7 heteroatoms. The minimum absolute atomic E-state index is 0.0113. The van der Waals surface area contributed by atoms with E-state index < -0.39 is 0 Å². The molecule has 144 valence electrons. The third-order valence-electron chi connectivity index (χ3n) is 5.11. The predicted octanol–water partition coefficient (Wildman–Crippen LogP) is 3.26. The van der Waals surface area contributed by atoms with E-state index in [9.17, 15) is 4.79 Å².